The topological polar surface area (TPSA) is 58.5 Å². The number of rotatable bonds is 6. The van der Waals surface area contributed by atoms with Crippen molar-refractivity contribution in [2.24, 2.45) is 5.10 Å². The van der Waals surface area contributed by atoms with Gasteiger partial charge in [-0.2, -0.15) is 5.10 Å². The van der Waals surface area contributed by atoms with Gasteiger partial charge in [-0.05, 0) is 24.1 Å². The van der Waals surface area contributed by atoms with Gasteiger partial charge in [0.25, 0.3) is 0 Å². The summed E-state index contributed by atoms with van der Waals surface area (Å²) in [6.45, 7) is 0. The molecule has 1 N–H and O–H groups in total. The number of hydrazone groups is 1. The first kappa shape index (κ1) is 16.8. The molecule has 0 amide bonds. The minimum atomic E-state index is -3.49. The van der Waals surface area contributed by atoms with Crippen LogP contribution < -0.4 is 4.83 Å². The van der Waals surface area contributed by atoms with Gasteiger partial charge in [0.05, 0.1) is 17.0 Å². The lowest BCUT2D eigenvalue weighted by Gasteiger charge is -2.04. The van der Waals surface area contributed by atoms with Crippen LogP contribution in [0.4, 0.5) is 0 Å². The monoisotopic (exact) mass is 356 g/mol. The zero-order chi connectivity index (χ0) is 16.0. The zero-order valence-electron chi connectivity index (χ0n) is 11.5. The van der Waals surface area contributed by atoms with Crippen molar-refractivity contribution in [1.82, 2.24) is 4.83 Å². The summed E-state index contributed by atoms with van der Waals surface area (Å²) in [5.41, 5.74) is 1.54. The highest BCUT2D eigenvalue weighted by molar-refractivity contribution is 7.89. The predicted molar refractivity (Wildman–Crippen MR) is 91.1 cm³/mol. The molecule has 4 nitrogen and oxygen atoms in total. The van der Waals surface area contributed by atoms with Crippen molar-refractivity contribution in [3.05, 3.63) is 69.7 Å². The second kappa shape index (κ2) is 7.63. The van der Waals surface area contributed by atoms with Crippen LogP contribution in [0.25, 0.3) is 0 Å². The fourth-order valence-corrected chi connectivity index (χ4v) is 2.99. The Kier molecular flexibility index (Phi) is 5.83. The molecule has 0 atom stereocenters. The van der Waals surface area contributed by atoms with Crippen molar-refractivity contribution >= 4 is 39.4 Å². The van der Waals surface area contributed by atoms with Gasteiger partial charge < -0.3 is 0 Å². The van der Waals surface area contributed by atoms with E-state index in [4.69, 9.17) is 23.2 Å². The van der Waals surface area contributed by atoms with E-state index in [0.717, 1.165) is 5.56 Å². The van der Waals surface area contributed by atoms with Crippen molar-refractivity contribution in [3.63, 3.8) is 0 Å². The molecule has 2 aromatic rings. The molecule has 0 saturated carbocycles. The Bertz CT molecular complexity index is 762. The van der Waals surface area contributed by atoms with Crippen LogP contribution in [0.3, 0.4) is 0 Å². The number of hydrogen-bond acceptors (Lipinski definition) is 3. The molecule has 2 rings (SSSR count). The molecule has 22 heavy (non-hydrogen) atoms. The average molecular weight is 357 g/mol. The van der Waals surface area contributed by atoms with Crippen LogP contribution in [-0.2, 0) is 16.4 Å². The van der Waals surface area contributed by atoms with Gasteiger partial charge in [0.1, 0.15) is 0 Å². The van der Waals surface area contributed by atoms with E-state index in [1.807, 2.05) is 30.3 Å². The number of halogens is 2. The quantitative estimate of drug-likeness (QED) is 0.636. The number of nitrogens with zero attached hydrogens (tertiary/aromatic N) is 1. The maximum Gasteiger partial charge on any atom is 0.247 e. The lowest BCUT2D eigenvalue weighted by atomic mass is 10.2. The molecule has 2 aromatic carbocycles. The molecule has 0 radical (unpaired) electrons. The molecule has 0 aliphatic heterocycles. The number of sulfonamides is 1. The number of hydrogen-bond donors (Lipinski definition) is 1. The standard InChI is InChI=1S/C15H14Cl2N2O2S/c16-14-7-6-13(15(17)10-14)11-18-19-22(20,21)9-8-12-4-2-1-3-5-12/h1-7,10-11,19H,8-9H2/b18-11-. The fourth-order valence-electron chi connectivity index (χ4n) is 1.72. The molecule has 0 spiro atoms. The van der Waals surface area contributed by atoms with Crippen molar-refractivity contribution < 1.29 is 8.42 Å². The van der Waals surface area contributed by atoms with Crippen LogP contribution in [0.15, 0.2) is 53.6 Å². The van der Waals surface area contributed by atoms with Crippen LogP contribution in [-0.4, -0.2) is 20.4 Å². The summed E-state index contributed by atoms with van der Waals surface area (Å²) in [4.78, 5) is 2.17. The first-order valence-corrected chi connectivity index (χ1v) is 8.89. The molecular formula is C15H14Cl2N2O2S. The van der Waals surface area contributed by atoms with E-state index in [9.17, 15) is 8.42 Å². The molecule has 0 fully saturated rings. The summed E-state index contributed by atoms with van der Waals surface area (Å²) in [6.07, 6.45) is 1.77. The minimum absolute atomic E-state index is 0.0390. The maximum atomic E-state index is 11.9. The summed E-state index contributed by atoms with van der Waals surface area (Å²) in [6, 6.07) is 14.3. The second-order valence-electron chi connectivity index (χ2n) is 4.57. The number of benzene rings is 2. The largest absolute Gasteiger partial charge is 0.247 e. The third-order valence-electron chi connectivity index (χ3n) is 2.86. The molecule has 7 heteroatoms. The zero-order valence-corrected chi connectivity index (χ0v) is 13.9. The van der Waals surface area contributed by atoms with E-state index in [-0.39, 0.29) is 5.75 Å². The lowest BCUT2D eigenvalue weighted by Crippen LogP contribution is -2.22. The van der Waals surface area contributed by atoms with E-state index < -0.39 is 10.0 Å². The Morgan fingerprint density at radius 1 is 1.09 bits per heavy atom. The molecule has 0 aromatic heterocycles. The molecule has 116 valence electrons. The van der Waals surface area contributed by atoms with Crippen LogP contribution in [0.5, 0.6) is 0 Å². The van der Waals surface area contributed by atoms with Crippen molar-refractivity contribution in [2.75, 3.05) is 5.75 Å². The van der Waals surface area contributed by atoms with Gasteiger partial charge in [-0.1, -0.05) is 59.6 Å². The van der Waals surface area contributed by atoms with E-state index in [1.165, 1.54) is 6.21 Å². The highest BCUT2D eigenvalue weighted by Gasteiger charge is 2.08. The minimum Gasteiger partial charge on any atom is -0.205 e. The molecule has 0 saturated heterocycles. The van der Waals surface area contributed by atoms with Crippen LogP contribution in [0.2, 0.25) is 10.0 Å². The summed E-state index contributed by atoms with van der Waals surface area (Å²) in [5, 5.41) is 4.63. The van der Waals surface area contributed by atoms with Gasteiger partial charge in [-0.25, -0.2) is 13.2 Å². The highest BCUT2D eigenvalue weighted by Crippen LogP contribution is 2.19. The lowest BCUT2D eigenvalue weighted by molar-refractivity contribution is 0.584. The Morgan fingerprint density at radius 3 is 2.50 bits per heavy atom. The van der Waals surface area contributed by atoms with Crippen LogP contribution >= 0.6 is 23.2 Å². The van der Waals surface area contributed by atoms with Gasteiger partial charge >= 0.3 is 0 Å². The smallest absolute Gasteiger partial charge is 0.205 e. The maximum absolute atomic E-state index is 11.9. The van der Waals surface area contributed by atoms with E-state index in [2.05, 4.69) is 9.93 Å². The number of aryl methyl sites for hydroxylation is 1. The molecule has 0 aliphatic rings. The van der Waals surface area contributed by atoms with E-state index >= 15 is 0 Å². The Hall–Kier alpha value is -1.56. The number of nitrogens with one attached hydrogen (secondary N) is 1. The third kappa shape index (κ3) is 5.33. The van der Waals surface area contributed by atoms with Gasteiger partial charge in [-0.3, -0.25) is 0 Å². The SMILES string of the molecule is O=S(=O)(CCc1ccccc1)N/N=C\c1ccc(Cl)cc1Cl. The first-order valence-electron chi connectivity index (χ1n) is 6.48. The summed E-state index contributed by atoms with van der Waals surface area (Å²) >= 11 is 11.8. The Morgan fingerprint density at radius 2 is 1.82 bits per heavy atom. The van der Waals surface area contributed by atoms with Gasteiger partial charge in [0.2, 0.25) is 10.0 Å². The summed E-state index contributed by atoms with van der Waals surface area (Å²) < 4.78 is 23.7. The molecule has 0 heterocycles. The van der Waals surface area contributed by atoms with E-state index in [0.29, 0.717) is 22.0 Å². The van der Waals surface area contributed by atoms with Gasteiger partial charge in [-0.15, -0.1) is 0 Å². The Balaban J connectivity index is 1.93. The second-order valence-corrected chi connectivity index (χ2v) is 7.23. The Labute approximate surface area is 139 Å². The normalized spacial score (nSPS) is 11.7. The summed E-state index contributed by atoms with van der Waals surface area (Å²) in [7, 11) is -3.49. The summed E-state index contributed by atoms with van der Waals surface area (Å²) in [5.74, 6) is -0.0390. The first-order chi connectivity index (χ1) is 10.5. The third-order valence-corrected chi connectivity index (χ3v) is 4.55. The average Bonchev–Trinajstić information content (AvgIpc) is 2.49. The van der Waals surface area contributed by atoms with Crippen LogP contribution in [0, 0.1) is 0 Å². The van der Waals surface area contributed by atoms with Crippen molar-refractivity contribution in [3.8, 4) is 0 Å². The van der Waals surface area contributed by atoms with E-state index in [1.54, 1.807) is 18.2 Å². The van der Waals surface area contributed by atoms with Crippen molar-refractivity contribution in [1.29, 1.82) is 0 Å². The van der Waals surface area contributed by atoms with Crippen LogP contribution in [0.1, 0.15) is 11.1 Å². The predicted octanol–water partition coefficient (Wildman–Crippen LogP) is 3.49. The molecule has 0 unspecified atom stereocenters. The van der Waals surface area contributed by atoms with Gasteiger partial charge in [0, 0.05) is 10.6 Å². The van der Waals surface area contributed by atoms with Gasteiger partial charge in [0.15, 0.2) is 0 Å². The fraction of sp³-hybridized carbons (Fsp3) is 0.133. The molecular weight excluding hydrogens is 343 g/mol. The van der Waals surface area contributed by atoms with Crippen molar-refractivity contribution in [2.45, 2.75) is 6.42 Å². The highest BCUT2D eigenvalue weighted by atomic mass is 35.5. The molecule has 0 aliphatic carbocycles. The molecule has 0 bridgehead atoms.